The highest BCUT2D eigenvalue weighted by Gasteiger charge is 2.50. The highest BCUT2D eigenvalue weighted by molar-refractivity contribution is 6.06. The summed E-state index contributed by atoms with van der Waals surface area (Å²) in [7, 11) is 1.41. The van der Waals surface area contributed by atoms with Crippen molar-refractivity contribution in [3.05, 3.63) is 83.1 Å². The number of hydrogen-bond donors (Lipinski definition) is 1. The van der Waals surface area contributed by atoms with Crippen LogP contribution >= 0.6 is 0 Å². The lowest BCUT2D eigenvalue weighted by Gasteiger charge is -2.44. The van der Waals surface area contributed by atoms with Crippen LogP contribution in [0.3, 0.4) is 0 Å². The van der Waals surface area contributed by atoms with Gasteiger partial charge in [-0.05, 0) is 52.4 Å². The van der Waals surface area contributed by atoms with E-state index in [1.54, 1.807) is 0 Å². The molecule has 1 heterocycles. The second-order valence-corrected chi connectivity index (χ2v) is 9.68. The Labute approximate surface area is 199 Å². The van der Waals surface area contributed by atoms with Crippen LogP contribution in [0.5, 0.6) is 5.75 Å². The molecule has 0 spiro atoms. The van der Waals surface area contributed by atoms with E-state index in [4.69, 9.17) is 9.47 Å². The minimum absolute atomic E-state index is 0.0603. The number of fused-ring (bicyclic) bond motifs is 3. The molecule has 0 bridgehead atoms. The highest BCUT2D eigenvalue weighted by Crippen LogP contribution is 2.53. The van der Waals surface area contributed by atoms with Gasteiger partial charge in [-0.15, -0.1) is 0 Å². The summed E-state index contributed by atoms with van der Waals surface area (Å²) in [5, 5.41) is 5.70. The van der Waals surface area contributed by atoms with Crippen molar-refractivity contribution in [3.63, 3.8) is 0 Å². The molecule has 0 fully saturated rings. The summed E-state index contributed by atoms with van der Waals surface area (Å²) in [6, 6.07) is 20.3. The smallest absolute Gasteiger partial charge is 0.315 e. The van der Waals surface area contributed by atoms with E-state index in [1.165, 1.54) is 7.11 Å². The number of anilines is 1. The lowest BCUT2D eigenvalue weighted by molar-refractivity contribution is -0.148. The molecule has 0 saturated heterocycles. The Bertz CT molecular complexity index is 1320. The molecule has 0 amide bonds. The van der Waals surface area contributed by atoms with E-state index in [2.05, 4.69) is 23.5 Å². The Balaban J connectivity index is 1.79. The van der Waals surface area contributed by atoms with Gasteiger partial charge in [0, 0.05) is 29.3 Å². The van der Waals surface area contributed by atoms with Gasteiger partial charge in [-0.3, -0.25) is 9.59 Å². The zero-order valence-electron chi connectivity index (χ0n) is 20.0. The number of carbonyl (C=O) groups excluding carboxylic acids is 2. The molecule has 0 saturated carbocycles. The van der Waals surface area contributed by atoms with Crippen LogP contribution in [0.2, 0.25) is 0 Å². The van der Waals surface area contributed by atoms with Crippen LogP contribution in [0.4, 0.5) is 5.69 Å². The van der Waals surface area contributed by atoms with Crippen LogP contribution in [0, 0.1) is 11.3 Å². The first-order valence-electron chi connectivity index (χ1n) is 11.7. The molecule has 34 heavy (non-hydrogen) atoms. The largest absolute Gasteiger partial charge is 0.494 e. The molecule has 3 aromatic carbocycles. The third-order valence-electron chi connectivity index (χ3n) is 7.06. The molecule has 1 aliphatic carbocycles. The van der Waals surface area contributed by atoms with Crippen LogP contribution in [0.15, 0.2) is 71.9 Å². The first kappa shape index (κ1) is 22.2. The zero-order valence-corrected chi connectivity index (χ0v) is 20.0. The second-order valence-electron chi connectivity index (χ2n) is 9.68. The fourth-order valence-electron chi connectivity index (χ4n) is 5.58. The maximum atomic E-state index is 13.7. The van der Waals surface area contributed by atoms with Crippen molar-refractivity contribution < 1.29 is 19.1 Å². The van der Waals surface area contributed by atoms with Gasteiger partial charge in [0.2, 0.25) is 0 Å². The van der Waals surface area contributed by atoms with Crippen molar-refractivity contribution in [1.29, 1.82) is 0 Å². The van der Waals surface area contributed by atoms with E-state index in [1.807, 2.05) is 63.2 Å². The number of Topliss-reactive ketones (excluding diaryl/α,β-unsaturated/α-hetero) is 1. The number of nitrogens with one attached hydrogen (secondary N) is 1. The molecule has 0 aromatic heterocycles. The number of carbonyl (C=O) groups is 2. The third-order valence-corrected chi connectivity index (χ3v) is 7.06. The van der Waals surface area contributed by atoms with Gasteiger partial charge in [-0.25, -0.2) is 0 Å². The summed E-state index contributed by atoms with van der Waals surface area (Å²) in [5.41, 5.74) is 3.71. The van der Waals surface area contributed by atoms with Crippen LogP contribution in [-0.2, 0) is 14.3 Å². The predicted molar refractivity (Wildman–Crippen MR) is 133 cm³/mol. The summed E-state index contributed by atoms with van der Waals surface area (Å²) >= 11 is 0. The van der Waals surface area contributed by atoms with E-state index in [9.17, 15) is 9.59 Å². The molecular formula is C29H29NO4. The second kappa shape index (κ2) is 8.32. The summed E-state index contributed by atoms with van der Waals surface area (Å²) < 4.78 is 10.9. The monoisotopic (exact) mass is 455 g/mol. The summed E-state index contributed by atoms with van der Waals surface area (Å²) in [6.07, 6.45) is 0.279. The van der Waals surface area contributed by atoms with Crippen molar-refractivity contribution in [1.82, 2.24) is 0 Å². The van der Waals surface area contributed by atoms with E-state index in [0.29, 0.717) is 17.9 Å². The van der Waals surface area contributed by atoms with E-state index < -0.39 is 11.3 Å². The summed E-state index contributed by atoms with van der Waals surface area (Å²) in [4.78, 5) is 26.7. The fraction of sp³-hybridized carbons (Fsp3) is 0.310. The molecule has 174 valence electrons. The molecule has 1 aliphatic heterocycles. The molecule has 5 nitrogen and oxygen atoms in total. The number of methoxy groups -OCH3 is 1. The molecule has 5 heteroatoms. The molecule has 3 aromatic rings. The van der Waals surface area contributed by atoms with E-state index >= 15 is 0 Å². The maximum absolute atomic E-state index is 13.7. The summed E-state index contributed by atoms with van der Waals surface area (Å²) in [5.74, 6) is -0.341. The van der Waals surface area contributed by atoms with Gasteiger partial charge >= 0.3 is 5.97 Å². The van der Waals surface area contributed by atoms with Gasteiger partial charge in [0.15, 0.2) is 5.78 Å². The lowest BCUT2D eigenvalue weighted by Crippen LogP contribution is -2.44. The van der Waals surface area contributed by atoms with Crippen molar-refractivity contribution in [2.24, 2.45) is 11.3 Å². The number of benzene rings is 3. The van der Waals surface area contributed by atoms with Crippen molar-refractivity contribution in [2.45, 2.75) is 33.1 Å². The molecule has 5 rings (SSSR count). The number of rotatable bonds is 4. The molecule has 2 aliphatic rings. The Morgan fingerprint density at radius 2 is 1.79 bits per heavy atom. The SMILES string of the molecule is CCOc1ccc([C@H]2C3=C(Nc4ccc5ccccc5c42)[C@H](C(=O)OC)C(C)(C)CC3=O)cc1. The average Bonchev–Trinajstić information content (AvgIpc) is 2.82. The normalized spacial score (nSPS) is 20.9. The van der Waals surface area contributed by atoms with Gasteiger partial charge in [-0.2, -0.15) is 0 Å². The molecule has 0 radical (unpaired) electrons. The van der Waals surface area contributed by atoms with Crippen LogP contribution < -0.4 is 10.1 Å². The van der Waals surface area contributed by atoms with Gasteiger partial charge in [0.1, 0.15) is 11.7 Å². The molecule has 1 N–H and O–H groups in total. The van der Waals surface area contributed by atoms with Crippen LogP contribution in [0.25, 0.3) is 10.8 Å². The standard InChI is InChI=1S/C29H29NO4/c1-5-34-19-13-10-18(11-14-19)23-24-20-9-7-6-8-17(20)12-15-21(24)30-27-25(23)22(31)16-29(2,3)26(27)28(32)33-4/h6-15,23,26,30H,5,16H2,1-4H3/t23-,26-/m1/s1. The first-order valence-corrected chi connectivity index (χ1v) is 11.7. The van der Waals surface area contributed by atoms with E-state index in [-0.39, 0.29) is 24.1 Å². The van der Waals surface area contributed by atoms with Crippen molar-refractivity contribution >= 4 is 28.2 Å². The van der Waals surface area contributed by atoms with Gasteiger partial charge in [0.25, 0.3) is 0 Å². The zero-order chi connectivity index (χ0) is 24.0. The number of hydrogen-bond acceptors (Lipinski definition) is 5. The predicted octanol–water partition coefficient (Wildman–Crippen LogP) is 5.84. The highest BCUT2D eigenvalue weighted by atomic mass is 16.5. The maximum Gasteiger partial charge on any atom is 0.315 e. The van der Waals surface area contributed by atoms with Crippen LogP contribution in [0.1, 0.15) is 44.2 Å². The number of esters is 1. The lowest BCUT2D eigenvalue weighted by atomic mass is 9.63. The van der Waals surface area contributed by atoms with Crippen molar-refractivity contribution in [2.75, 3.05) is 19.0 Å². The molecule has 0 unspecified atom stereocenters. The van der Waals surface area contributed by atoms with Gasteiger partial charge in [0.05, 0.1) is 13.7 Å². The first-order chi connectivity index (χ1) is 16.4. The van der Waals surface area contributed by atoms with Gasteiger partial charge in [-0.1, -0.05) is 56.3 Å². The molecule has 2 atom stereocenters. The van der Waals surface area contributed by atoms with E-state index in [0.717, 1.165) is 33.3 Å². The minimum atomic E-state index is -0.562. The minimum Gasteiger partial charge on any atom is -0.494 e. The Morgan fingerprint density at radius 1 is 1.06 bits per heavy atom. The van der Waals surface area contributed by atoms with Crippen molar-refractivity contribution in [3.8, 4) is 5.75 Å². The third kappa shape index (κ3) is 3.47. The Morgan fingerprint density at radius 3 is 2.50 bits per heavy atom. The quantitative estimate of drug-likeness (QED) is 0.501. The topological polar surface area (TPSA) is 64.6 Å². The number of allylic oxidation sites excluding steroid dienone is 1. The average molecular weight is 456 g/mol. The Kier molecular flexibility index (Phi) is 5.43. The number of ether oxygens (including phenoxy) is 2. The number of ketones is 1. The Hall–Kier alpha value is -3.60. The summed E-state index contributed by atoms with van der Waals surface area (Å²) in [6.45, 7) is 6.46. The van der Waals surface area contributed by atoms with Crippen LogP contribution in [-0.4, -0.2) is 25.5 Å². The molecular weight excluding hydrogens is 426 g/mol. The fourth-order valence-corrected chi connectivity index (χ4v) is 5.58. The van der Waals surface area contributed by atoms with Gasteiger partial charge < -0.3 is 14.8 Å².